The van der Waals surface area contributed by atoms with Crippen molar-refractivity contribution in [2.45, 2.75) is 0 Å². The van der Waals surface area contributed by atoms with E-state index in [1.807, 2.05) is 6.07 Å². The molecule has 0 fully saturated rings. The Morgan fingerprint density at radius 3 is 2.47 bits per heavy atom. The van der Waals surface area contributed by atoms with Crippen LogP contribution in [0.4, 0.5) is 0 Å². The molecule has 0 bridgehead atoms. The second-order valence-corrected chi connectivity index (χ2v) is 2.50. The van der Waals surface area contributed by atoms with Gasteiger partial charge in [0, 0.05) is 0 Å². The van der Waals surface area contributed by atoms with Crippen molar-refractivity contribution in [3.8, 4) is 18.0 Å². The van der Waals surface area contributed by atoms with Crippen LogP contribution in [-0.2, 0) is 0 Å². The van der Waals surface area contributed by atoms with Crippen LogP contribution in [0.1, 0.15) is 11.5 Å². The molecular weight excluding hydrogens is 194 g/mol. The molecule has 2 aromatic heterocycles. The van der Waals surface area contributed by atoms with Crippen molar-refractivity contribution < 1.29 is 0 Å². The first-order valence-electron chi connectivity index (χ1n) is 3.88. The molecule has 2 aromatic rings. The van der Waals surface area contributed by atoms with Crippen LogP contribution in [0, 0.1) is 22.7 Å². The summed E-state index contributed by atoms with van der Waals surface area (Å²) in [5.41, 5.74) is 0.222. The third-order valence-electron chi connectivity index (χ3n) is 1.58. The lowest BCUT2D eigenvalue weighted by molar-refractivity contribution is 0.830. The monoisotopic (exact) mass is 197 g/mol. The molecule has 0 aliphatic rings. The summed E-state index contributed by atoms with van der Waals surface area (Å²) in [4.78, 5) is 11.5. The Morgan fingerprint density at radius 2 is 1.93 bits per heavy atom. The molecule has 0 N–H and O–H groups in total. The quantitative estimate of drug-likeness (QED) is 0.626. The molecule has 0 saturated carbocycles. The van der Waals surface area contributed by atoms with Crippen LogP contribution in [0.25, 0.3) is 5.82 Å². The summed E-state index contributed by atoms with van der Waals surface area (Å²) in [5, 5.41) is 20.8. The minimum Gasteiger partial charge on any atom is -0.240 e. The molecule has 70 valence electrons. The molecule has 0 aliphatic carbocycles. The maximum atomic E-state index is 8.51. The van der Waals surface area contributed by atoms with Crippen LogP contribution < -0.4 is 0 Å². The largest absolute Gasteiger partial charge is 0.252 e. The average Bonchev–Trinajstić information content (AvgIpc) is 2.78. The molecule has 0 amide bonds. The zero-order valence-corrected chi connectivity index (χ0v) is 7.36. The summed E-state index contributed by atoms with van der Waals surface area (Å²) >= 11 is 0. The third-order valence-corrected chi connectivity index (χ3v) is 1.58. The molecule has 0 aliphatic heterocycles. The van der Waals surface area contributed by atoms with Gasteiger partial charge >= 0.3 is 0 Å². The van der Waals surface area contributed by atoms with Gasteiger partial charge in [-0.15, -0.1) is 5.10 Å². The van der Waals surface area contributed by atoms with E-state index < -0.39 is 0 Å². The molecule has 0 unspecified atom stereocenters. The second-order valence-electron chi connectivity index (χ2n) is 2.50. The molecule has 15 heavy (non-hydrogen) atoms. The molecular formula is C8H3N7. The fourth-order valence-corrected chi connectivity index (χ4v) is 0.922. The zero-order chi connectivity index (χ0) is 10.7. The molecule has 7 heteroatoms. The number of aromatic nitrogens is 5. The van der Waals surface area contributed by atoms with E-state index in [4.69, 9.17) is 10.5 Å². The first kappa shape index (κ1) is 8.78. The van der Waals surface area contributed by atoms with E-state index in [1.54, 1.807) is 6.07 Å². The zero-order valence-electron chi connectivity index (χ0n) is 7.36. The normalized spacial score (nSPS) is 9.20. The first-order valence-corrected chi connectivity index (χ1v) is 3.88. The lowest BCUT2D eigenvalue weighted by Gasteiger charge is -1.96. The third kappa shape index (κ3) is 1.62. The van der Waals surface area contributed by atoms with Crippen molar-refractivity contribution in [2.24, 2.45) is 0 Å². The Kier molecular flexibility index (Phi) is 2.06. The van der Waals surface area contributed by atoms with Crippen LogP contribution in [0.2, 0.25) is 0 Å². The first-order chi connectivity index (χ1) is 7.33. The molecule has 0 aromatic carbocycles. The fraction of sp³-hybridized carbons (Fsp3) is 0. The van der Waals surface area contributed by atoms with E-state index in [-0.39, 0.29) is 11.5 Å². The Morgan fingerprint density at radius 1 is 1.07 bits per heavy atom. The topological polar surface area (TPSA) is 104 Å². The fourth-order valence-electron chi connectivity index (χ4n) is 0.922. The van der Waals surface area contributed by atoms with E-state index in [2.05, 4.69) is 20.1 Å². The Bertz CT molecular complexity index is 554. The predicted octanol–water partition coefficient (Wildman–Crippen LogP) is -0.199. The smallest absolute Gasteiger partial charge is 0.240 e. The summed E-state index contributed by atoms with van der Waals surface area (Å²) < 4.78 is 1.31. The van der Waals surface area contributed by atoms with E-state index in [0.717, 1.165) is 0 Å². The minimum atomic E-state index is 0.0566. The number of hydrogen-bond donors (Lipinski definition) is 0. The highest BCUT2D eigenvalue weighted by molar-refractivity contribution is 5.23. The van der Waals surface area contributed by atoms with Crippen LogP contribution in [-0.4, -0.2) is 24.7 Å². The molecule has 0 saturated heterocycles. The van der Waals surface area contributed by atoms with Gasteiger partial charge in [0.2, 0.25) is 0 Å². The summed E-state index contributed by atoms with van der Waals surface area (Å²) in [6.07, 6.45) is 4.06. The van der Waals surface area contributed by atoms with Gasteiger partial charge in [0.15, 0.2) is 11.5 Å². The summed E-state index contributed by atoms with van der Waals surface area (Å²) in [6.45, 7) is 0. The maximum Gasteiger partial charge on any atom is 0.252 e. The molecule has 0 spiro atoms. The van der Waals surface area contributed by atoms with Crippen LogP contribution >= 0.6 is 0 Å². The van der Waals surface area contributed by atoms with Gasteiger partial charge in [-0.3, -0.25) is 0 Å². The van der Waals surface area contributed by atoms with Crippen molar-refractivity contribution in [3.63, 3.8) is 0 Å². The van der Waals surface area contributed by atoms with Gasteiger partial charge < -0.3 is 0 Å². The number of nitrogens with zero attached hydrogens (tertiary/aromatic N) is 7. The van der Waals surface area contributed by atoms with Gasteiger partial charge in [-0.25, -0.2) is 15.0 Å². The van der Waals surface area contributed by atoms with Crippen LogP contribution in [0.3, 0.4) is 0 Å². The SMILES string of the molecule is N#Cc1cnc(-n2cnc(C#N)n2)cn1. The van der Waals surface area contributed by atoms with Gasteiger partial charge in [0.1, 0.15) is 18.5 Å². The van der Waals surface area contributed by atoms with Gasteiger partial charge in [0.05, 0.1) is 12.4 Å². The van der Waals surface area contributed by atoms with Gasteiger partial charge in [-0.1, -0.05) is 0 Å². The highest BCUT2D eigenvalue weighted by Gasteiger charge is 2.03. The molecule has 2 rings (SSSR count). The summed E-state index contributed by atoms with van der Waals surface area (Å²) in [5.74, 6) is 0.462. The number of hydrogen-bond acceptors (Lipinski definition) is 6. The van der Waals surface area contributed by atoms with Gasteiger partial charge in [-0.2, -0.15) is 15.2 Å². The van der Waals surface area contributed by atoms with Crippen molar-refractivity contribution >= 4 is 0 Å². The minimum absolute atomic E-state index is 0.0566. The van der Waals surface area contributed by atoms with E-state index in [1.165, 1.54) is 23.4 Å². The number of rotatable bonds is 1. The molecule has 0 atom stereocenters. The average molecular weight is 197 g/mol. The van der Waals surface area contributed by atoms with Crippen molar-refractivity contribution in [3.05, 3.63) is 30.2 Å². The number of nitriles is 2. The summed E-state index contributed by atoms with van der Waals surface area (Å²) in [6, 6.07) is 3.65. The Balaban J connectivity index is 2.39. The molecule has 2 heterocycles. The van der Waals surface area contributed by atoms with Crippen LogP contribution in [0.15, 0.2) is 18.7 Å². The molecule has 0 radical (unpaired) electrons. The second kappa shape index (κ2) is 3.52. The van der Waals surface area contributed by atoms with Crippen molar-refractivity contribution in [2.75, 3.05) is 0 Å². The van der Waals surface area contributed by atoms with E-state index in [0.29, 0.717) is 5.82 Å². The lowest BCUT2D eigenvalue weighted by Crippen LogP contribution is -1.99. The highest BCUT2D eigenvalue weighted by Crippen LogP contribution is 2.00. The van der Waals surface area contributed by atoms with E-state index >= 15 is 0 Å². The Labute approximate surface area is 84.3 Å². The van der Waals surface area contributed by atoms with Gasteiger partial charge in [0.25, 0.3) is 5.82 Å². The summed E-state index contributed by atoms with van der Waals surface area (Å²) in [7, 11) is 0. The predicted molar refractivity (Wildman–Crippen MR) is 46.4 cm³/mol. The van der Waals surface area contributed by atoms with E-state index in [9.17, 15) is 0 Å². The van der Waals surface area contributed by atoms with Gasteiger partial charge in [-0.05, 0) is 0 Å². The van der Waals surface area contributed by atoms with Crippen LogP contribution in [0.5, 0.6) is 0 Å². The molecule has 7 nitrogen and oxygen atoms in total. The highest BCUT2D eigenvalue weighted by atomic mass is 15.4. The standard InChI is InChI=1S/C8H3N7/c9-1-6-3-12-8(4-11-6)15-5-13-7(2-10)14-15/h3-5H. The van der Waals surface area contributed by atoms with Crippen molar-refractivity contribution in [1.29, 1.82) is 10.5 Å². The maximum absolute atomic E-state index is 8.51. The lowest BCUT2D eigenvalue weighted by atomic mass is 10.5. The van der Waals surface area contributed by atoms with Crippen molar-refractivity contribution in [1.82, 2.24) is 24.7 Å². The Hall–Kier alpha value is -2.80.